The number of nitrogens with two attached hydrogens (primary N) is 1. The minimum Gasteiger partial charge on any atom is -0.487 e. The molecule has 2 aromatic rings. The molecule has 1 atom stereocenters. The van der Waals surface area contributed by atoms with Crippen molar-refractivity contribution in [2.24, 2.45) is 5.73 Å². The predicted molar refractivity (Wildman–Crippen MR) is 89.1 cm³/mol. The van der Waals surface area contributed by atoms with Crippen molar-refractivity contribution < 1.29 is 4.74 Å². The molecule has 1 aliphatic heterocycles. The molecule has 0 saturated heterocycles. The smallest absolute Gasteiger partial charge is 0.123 e. The molecule has 0 spiro atoms. The van der Waals surface area contributed by atoms with Gasteiger partial charge in [-0.25, -0.2) is 0 Å². The minimum atomic E-state index is -0.109. The highest BCUT2D eigenvalue weighted by Crippen LogP contribution is 2.37. The van der Waals surface area contributed by atoms with Crippen LogP contribution in [0.15, 0.2) is 47.4 Å². The van der Waals surface area contributed by atoms with Crippen LogP contribution in [0.25, 0.3) is 0 Å². The van der Waals surface area contributed by atoms with E-state index in [9.17, 15) is 0 Å². The van der Waals surface area contributed by atoms with E-state index >= 15 is 0 Å². The van der Waals surface area contributed by atoms with Crippen LogP contribution in [0.3, 0.4) is 0 Å². The third-order valence-corrected chi connectivity index (χ3v) is 4.73. The van der Waals surface area contributed by atoms with E-state index in [1.54, 1.807) is 11.8 Å². The Hall–Kier alpha value is -1.45. The Kier molecular flexibility index (Phi) is 3.72. The molecular weight excluding hydrogens is 278 g/mol. The molecule has 0 amide bonds. The molecule has 1 unspecified atom stereocenters. The van der Waals surface area contributed by atoms with Gasteiger partial charge >= 0.3 is 0 Å². The van der Waals surface area contributed by atoms with Gasteiger partial charge in [0, 0.05) is 11.3 Å². The first-order valence-electron chi connectivity index (χ1n) is 7.20. The summed E-state index contributed by atoms with van der Waals surface area (Å²) < 4.78 is 5.93. The van der Waals surface area contributed by atoms with Gasteiger partial charge in [0.15, 0.2) is 0 Å². The normalized spacial score (nSPS) is 17.1. The van der Waals surface area contributed by atoms with Crippen molar-refractivity contribution in [3.05, 3.63) is 59.2 Å². The van der Waals surface area contributed by atoms with E-state index in [1.807, 2.05) is 0 Å². The van der Waals surface area contributed by atoms with Crippen LogP contribution in [0.1, 0.15) is 36.6 Å². The molecule has 3 rings (SSSR count). The average Bonchev–Trinajstić information content (AvgIpc) is 2.79. The Balaban J connectivity index is 1.95. The summed E-state index contributed by atoms with van der Waals surface area (Å²) >= 11 is 1.74. The van der Waals surface area contributed by atoms with Crippen LogP contribution in [-0.4, -0.2) is 11.9 Å². The van der Waals surface area contributed by atoms with E-state index in [4.69, 9.17) is 10.5 Å². The van der Waals surface area contributed by atoms with Gasteiger partial charge in [-0.15, -0.1) is 11.8 Å². The lowest BCUT2D eigenvalue weighted by atomic mass is 9.95. The molecule has 0 aromatic heterocycles. The molecule has 2 aromatic carbocycles. The molecule has 2 N–H and O–H groups in total. The van der Waals surface area contributed by atoms with E-state index in [0.717, 1.165) is 17.7 Å². The van der Waals surface area contributed by atoms with E-state index in [0.29, 0.717) is 0 Å². The molecule has 110 valence electrons. The lowest BCUT2D eigenvalue weighted by Crippen LogP contribution is -2.24. The largest absolute Gasteiger partial charge is 0.487 e. The standard InChI is InChI=1S/C18H21NOS/c1-18(2)11-13-10-12(8-9-15(13)20-18)17(19)14-6-4-5-7-16(14)21-3/h4-10,17H,11,19H2,1-3H3. The lowest BCUT2D eigenvalue weighted by Gasteiger charge is -2.17. The molecule has 3 heteroatoms. The summed E-state index contributed by atoms with van der Waals surface area (Å²) in [4.78, 5) is 1.24. The van der Waals surface area contributed by atoms with Crippen LogP contribution < -0.4 is 10.5 Å². The summed E-state index contributed by atoms with van der Waals surface area (Å²) in [6.45, 7) is 4.24. The monoisotopic (exact) mass is 299 g/mol. The van der Waals surface area contributed by atoms with Gasteiger partial charge in [-0.2, -0.15) is 0 Å². The molecule has 2 nitrogen and oxygen atoms in total. The number of hydrogen-bond acceptors (Lipinski definition) is 3. The van der Waals surface area contributed by atoms with Crippen molar-refractivity contribution in [3.8, 4) is 5.75 Å². The summed E-state index contributed by atoms with van der Waals surface area (Å²) in [6, 6.07) is 14.6. The van der Waals surface area contributed by atoms with Crippen molar-refractivity contribution in [1.82, 2.24) is 0 Å². The fourth-order valence-electron chi connectivity index (χ4n) is 2.93. The Morgan fingerprint density at radius 2 is 1.95 bits per heavy atom. The molecule has 1 heterocycles. The molecule has 0 bridgehead atoms. The first-order chi connectivity index (χ1) is 10.00. The van der Waals surface area contributed by atoms with Crippen LogP contribution in [0, 0.1) is 0 Å². The first kappa shape index (κ1) is 14.5. The van der Waals surface area contributed by atoms with E-state index < -0.39 is 0 Å². The van der Waals surface area contributed by atoms with Crippen molar-refractivity contribution in [1.29, 1.82) is 0 Å². The van der Waals surface area contributed by atoms with Gasteiger partial charge in [0.2, 0.25) is 0 Å². The SMILES string of the molecule is CSc1ccccc1C(N)c1ccc2c(c1)CC(C)(C)O2. The van der Waals surface area contributed by atoms with Gasteiger partial charge < -0.3 is 10.5 Å². The summed E-state index contributed by atoms with van der Waals surface area (Å²) in [5.41, 5.74) is 9.98. The third kappa shape index (κ3) is 2.81. The summed E-state index contributed by atoms with van der Waals surface area (Å²) in [7, 11) is 0. The van der Waals surface area contributed by atoms with Crippen LogP contribution in [0.4, 0.5) is 0 Å². The second-order valence-corrected chi connectivity index (χ2v) is 6.97. The molecule has 0 radical (unpaired) electrons. The maximum atomic E-state index is 6.50. The molecule has 0 aliphatic carbocycles. The van der Waals surface area contributed by atoms with Crippen molar-refractivity contribution in [2.45, 2.75) is 36.8 Å². The van der Waals surface area contributed by atoms with Crippen LogP contribution >= 0.6 is 11.8 Å². The van der Waals surface area contributed by atoms with Gasteiger partial charge in [-0.05, 0) is 48.9 Å². The maximum Gasteiger partial charge on any atom is 0.123 e. The molecular formula is C18H21NOS. The average molecular weight is 299 g/mol. The maximum absolute atomic E-state index is 6.50. The zero-order valence-electron chi connectivity index (χ0n) is 12.7. The predicted octanol–water partition coefficient (Wildman–Crippen LogP) is 4.17. The van der Waals surface area contributed by atoms with Gasteiger partial charge in [0.25, 0.3) is 0 Å². The third-order valence-electron chi connectivity index (χ3n) is 3.92. The summed E-state index contributed by atoms with van der Waals surface area (Å²) in [6.07, 6.45) is 3.03. The number of hydrogen-bond donors (Lipinski definition) is 1. The highest BCUT2D eigenvalue weighted by Gasteiger charge is 2.30. The number of fused-ring (bicyclic) bond motifs is 1. The zero-order valence-corrected chi connectivity index (χ0v) is 13.5. The quantitative estimate of drug-likeness (QED) is 0.864. The minimum absolute atomic E-state index is 0.0948. The molecule has 21 heavy (non-hydrogen) atoms. The second-order valence-electron chi connectivity index (χ2n) is 6.13. The Labute approximate surface area is 130 Å². The van der Waals surface area contributed by atoms with Crippen LogP contribution in [-0.2, 0) is 6.42 Å². The number of thioether (sulfide) groups is 1. The number of rotatable bonds is 3. The van der Waals surface area contributed by atoms with Crippen LogP contribution in [0.2, 0.25) is 0 Å². The molecule has 1 aliphatic rings. The van der Waals surface area contributed by atoms with Gasteiger partial charge in [0.1, 0.15) is 11.4 Å². The fraction of sp³-hybridized carbons (Fsp3) is 0.333. The highest BCUT2D eigenvalue weighted by atomic mass is 32.2. The summed E-state index contributed by atoms with van der Waals surface area (Å²) in [5, 5.41) is 0. The lowest BCUT2D eigenvalue weighted by molar-refractivity contribution is 0.138. The molecule has 0 saturated carbocycles. The van der Waals surface area contributed by atoms with Gasteiger partial charge in [0.05, 0.1) is 6.04 Å². The Morgan fingerprint density at radius 3 is 2.71 bits per heavy atom. The van der Waals surface area contributed by atoms with Crippen molar-refractivity contribution >= 4 is 11.8 Å². The zero-order chi connectivity index (χ0) is 15.0. The number of ether oxygens (including phenoxy) is 1. The number of benzene rings is 2. The molecule has 0 fully saturated rings. The van der Waals surface area contributed by atoms with Gasteiger partial charge in [-0.3, -0.25) is 0 Å². The summed E-state index contributed by atoms with van der Waals surface area (Å²) in [5.74, 6) is 0.995. The first-order valence-corrected chi connectivity index (χ1v) is 8.43. The van der Waals surface area contributed by atoms with E-state index in [-0.39, 0.29) is 11.6 Å². The fourth-order valence-corrected chi connectivity index (χ4v) is 3.57. The Morgan fingerprint density at radius 1 is 1.19 bits per heavy atom. The van der Waals surface area contributed by atoms with E-state index in [1.165, 1.54) is 16.0 Å². The van der Waals surface area contributed by atoms with Crippen molar-refractivity contribution in [3.63, 3.8) is 0 Å². The Bertz CT molecular complexity index is 666. The van der Waals surface area contributed by atoms with Gasteiger partial charge in [-0.1, -0.05) is 30.3 Å². The topological polar surface area (TPSA) is 35.2 Å². The van der Waals surface area contributed by atoms with Crippen molar-refractivity contribution in [2.75, 3.05) is 6.26 Å². The van der Waals surface area contributed by atoms with E-state index in [2.05, 4.69) is 62.6 Å². The highest BCUT2D eigenvalue weighted by molar-refractivity contribution is 7.98. The second kappa shape index (κ2) is 5.39. The van der Waals surface area contributed by atoms with Crippen LogP contribution in [0.5, 0.6) is 5.75 Å².